The van der Waals surface area contributed by atoms with Gasteiger partial charge in [-0.05, 0) is 55.9 Å². The molecule has 174 valence electrons. The standard InChI is InChI=1S/C25H24N4O4S/c1-17-13-14-18(15-23(17)34(31,32)26-2)27-25(30)21-16-29(19-9-5-4-6-10-19)28-24(21)20-11-7-8-12-22(20)33-3/h4-16,26H,1-3H3,(H,27,30). The number of amides is 1. The van der Waals surface area contributed by atoms with Gasteiger partial charge >= 0.3 is 0 Å². The molecule has 1 aromatic heterocycles. The lowest BCUT2D eigenvalue weighted by Gasteiger charge is -2.11. The first-order chi connectivity index (χ1) is 16.3. The van der Waals surface area contributed by atoms with Gasteiger partial charge in [-0.15, -0.1) is 0 Å². The second-order valence-electron chi connectivity index (χ2n) is 7.51. The van der Waals surface area contributed by atoms with Crippen molar-refractivity contribution in [2.75, 3.05) is 19.5 Å². The van der Waals surface area contributed by atoms with E-state index in [9.17, 15) is 13.2 Å². The Bertz CT molecular complexity index is 1450. The molecule has 0 bridgehead atoms. The van der Waals surface area contributed by atoms with Gasteiger partial charge in [0, 0.05) is 17.4 Å². The van der Waals surface area contributed by atoms with E-state index in [1.54, 1.807) is 43.1 Å². The third kappa shape index (κ3) is 4.57. The second kappa shape index (κ2) is 9.50. The van der Waals surface area contributed by atoms with Gasteiger partial charge in [-0.3, -0.25) is 4.79 Å². The Hall–Kier alpha value is -3.95. The van der Waals surface area contributed by atoms with Crippen molar-refractivity contribution in [2.45, 2.75) is 11.8 Å². The molecule has 0 unspecified atom stereocenters. The fraction of sp³-hybridized carbons (Fsp3) is 0.120. The summed E-state index contributed by atoms with van der Waals surface area (Å²) in [5.41, 5.74) is 3.12. The predicted octanol–water partition coefficient (Wildman–Crippen LogP) is 4.02. The molecule has 1 amide bonds. The molecule has 4 rings (SSSR count). The molecule has 0 saturated heterocycles. The molecule has 8 nitrogen and oxygen atoms in total. The molecule has 0 saturated carbocycles. The highest BCUT2D eigenvalue weighted by molar-refractivity contribution is 7.89. The lowest BCUT2D eigenvalue weighted by molar-refractivity contribution is 0.102. The highest BCUT2D eigenvalue weighted by atomic mass is 32.2. The van der Waals surface area contributed by atoms with Crippen molar-refractivity contribution in [1.29, 1.82) is 0 Å². The van der Waals surface area contributed by atoms with Crippen LogP contribution in [0.3, 0.4) is 0 Å². The fourth-order valence-corrected chi connectivity index (χ4v) is 4.56. The highest BCUT2D eigenvalue weighted by Gasteiger charge is 2.22. The largest absolute Gasteiger partial charge is 0.496 e. The first-order valence-electron chi connectivity index (χ1n) is 10.5. The van der Waals surface area contributed by atoms with E-state index >= 15 is 0 Å². The van der Waals surface area contributed by atoms with Crippen molar-refractivity contribution in [1.82, 2.24) is 14.5 Å². The summed E-state index contributed by atoms with van der Waals surface area (Å²) in [5.74, 6) is 0.146. The molecule has 0 aliphatic carbocycles. The van der Waals surface area contributed by atoms with Crippen molar-refractivity contribution in [2.24, 2.45) is 0 Å². The van der Waals surface area contributed by atoms with Crippen molar-refractivity contribution in [3.05, 3.63) is 90.1 Å². The molecular formula is C25H24N4O4S. The average Bonchev–Trinajstić information content (AvgIpc) is 3.31. The Morgan fingerprint density at radius 3 is 2.41 bits per heavy atom. The lowest BCUT2D eigenvalue weighted by Crippen LogP contribution is -2.20. The van der Waals surface area contributed by atoms with E-state index in [4.69, 9.17) is 4.74 Å². The number of anilines is 1. The minimum atomic E-state index is -3.68. The van der Waals surface area contributed by atoms with Gasteiger partial charge in [0.2, 0.25) is 10.0 Å². The van der Waals surface area contributed by atoms with E-state index in [-0.39, 0.29) is 4.90 Å². The SMILES string of the molecule is CNS(=O)(=O)c1cc(NC(=O)c2cn(-c3ccccc3)nc2-c2ccccc2OC)ccc1C. The molecule has 9 heteroatoms. The molecule has 1 heterocycles. The second-order valence-corrected chi connectivity index (χ2v) is 9.37. The summed E-state index contributed by atoms with van der Waals surface area (Å²) < 4.78 is 34.1. The maximum atomic E-state index is 13.4. The first kappa shape index (κ1) is 23.2. The number of sulfonamides is 1. The number of aromatic nitrogens is 2. The van der Waals surface area contributed by atoms with Gasteiger partial charge < -0.3 is 10.1 Å². The number of benzene rings is 3. The van der Waals surface area contributed by atoms with E-state index in [0.29, 0.717) is 33.8 Å². The summed E-state index contributed by atoms with van der Waals surface area (Å²) in [5, 5.41) is 7.49. The van der Waals surface area contributed by atoms with Crippen LogP contribution in [0, 0.1) is 6.92 Å². The number of ether oxygens (including phenoxy) is 1. The number of methoxy groups -OCH3 is 1. The third-order valence-electron chi connectivity index (χ3n) is 5.35. The van der Waals surface area contributed by atoms with Gasteiger partial charge in [0.25, 0.3) is 5.91 Å². The number of nitrogens with one attached hydrogen (secondary N) is 2. The highest BCUT2D eigenvalue weighted by Crippen LogP contribution is 2.32. The zero-order valence-electron chi connectivity index (χ0n) is 18.9. The van der Waals surface area contributed by atoms with Gasteiger partial charge in [-0.25, -0.2) is 17.8 Å². The summed E-state index contributed by atoms with van der Waals surface area (Å²) in [6.07, 6.45) is 1.64. The first-order valence-corrected chi connectivity index (χ1v) is 12.0. The number of rotatable bonds is 7. The van der Waals surface area contributed by atoms with Crippen LogP contribution in [-0.2, 0) is 10.0 Å². The molecule has 3 aromatic carbocycles. The minimum absolute atomic E-state index is 0.0951. The Balaban J connectivity index is 1.79. The summed E-state index contributed by atoms with van der Waals surface area (Å²) >= 11 is 0. The van der Waals surface area contributed by atoms with E-state index in [0.717, 1.165) is 5.69 Å². The summed E-state index contributed by atoms with van der Waals surface area (Å²) in [7, 11) is -0.775. The van der Waals surface area contributed by atoms with Gasteiger partial charge in [-0.2, -0.15) is 5.10 Å². The number of hydrogen-bond acceptors (Lipinski definition) is 5. The summed E-state index contributed by atoms with van der Waals surface area (Å²) in [6, 6.07) is 21.5. The van der Waals surface area contributed by atoms with Crippen LogP contribution in [0.1, 0.15) is 15.9 Å². The predicted molar refractivity (Wildman–Crippen MR) is 131 cm³/mol. The van der Waals surface area contributed by atoms with Crippen LogP contribution in [-0.4, -0.2) is 38.3 Å². The molecule has 0 aliphatic rings. The molecular weight excluding hydrogens is 452 g/mol. The van der Waals surface area contributed by atoms with Crippen LogP contribution in [0.25, 0.3) is 16.9 Å². The summed E-state index contributed by atoms with van der Waals surface area (Å²) in [6.45, 7) is 1.69. The third-order valence-corrected chi connectivity index (χ3v) is 6.90. The van der Waals surface area contributed by atoms with Crippen molar-refractivity contribution >= 4 is 21.6 Å². The van der Waals surface area contributed by atoms with Gasteiger partial charge in [0.1, 0.15) is 11.4 Å². The van der Waals surface area contributed by atoms with Crippen LogP contribution in [0.4, 0.5) is 5.69 Å². The Morgan fingerprint density at radius 2 is 1.71 bits per heavy atom. The van der Waals surface area contributed by atoms with Crippen molar-refractivity contribution in [3.63, 3.8) is 0 Å². The van der Waals surface area contributed by atoms with Crippen LogP contribution in [0.5, 0.6) is 5.75 Å². The maximum absolute atomic E-state index is 13.4. The Labute approximate surface area is 198 Å². The number of hydrogen-bond donors (Lipinski definition) is 2. The van der Waals surface area contributed by atoms with E-state index in [1.807, 2.05) is 48.5 Å². The quantitative estimate of drug-likeness (QED) is 0.420. The number of carbonyl (C=O) groups is 1. The summed E-state index contributed by atoms with van der Waals surface area (Å²) in [4.78, 5) is 13.5. The van der Waals surface area contributed by atoms with Gasteiger partial charge in [-0.1, -0.05) is 36.4 Å². The van der Waals surface area contributed by atoms with E-state index in [1.165, 1.54) is 13.1 Å². The zero-order valence-corrected chi connectivity index (χ0v) is 19.8. The smallest absolute Gasteiger partial charge is 0.259 e. The topological polar surface area (TPSA) is 102 Å². The number of aryl methyl sites for hydroxylation is 1. The molecule has 0 atom stereocenters. The molecule has 2 N–H and O–H groups in total. The zero-order chi connectivity index (χ0) is 24.3. The molecule has 0 fully saturated rings. The normalized spacial score (nSPS) is 11.3. The molecule has 34 heavy (non-hydrogen) atoms. The monoisotopic (exact) mass is 476 g/mol. The molecule has 0 radical (unpaired) electrons. The molecule has 0 aliphatic heterocycles. The Morgan fingerprint density at radius 1 is 1.00 bits per heavy atom. The average molecular weight is 477 g/mol. The Kier molecular flexibility index (Phi) is 6.49. The minimum Gasteiger partial charge on any atom is -0.496 e. The van der Waals surface area contributed by atoms with Crippen LogP contribution in [0.15, 0.2) is 83.9 Å². The van der Waals surface area contributed by atoms with Crippen LogP contribution in [0.2, 0.25) is 0 Å². The lowest BCUT2D eigenvalue weighted by atomic mass is 10.1. The van der Waals surface area contributed by atoms with Gasteiger partial charge in [0.05, 0.1) is 23.3 Å². The van der Waals surface area contributed by atoms with Crippen molar-refractivity contribution < 1.29 is 17.9 Å². The van der Waals surface area contributed by atoms with Crippen LogP contribution < -0.4 is 14.8 Å². The molecule has 4 aromatic rings. The van der Waals surface area contributed by atoms with E-state index in [2.05, 4.69) is 15.1 Å². The number of carbonyl (C=O) groups excluding carboxylic acids is 1. The fourth-order valence-electron chi connectivity index (χ4n) is 3.57. The van der Waals surface area contributed by atoms with Gasteiger partial charge in [0.15, 0.2) is 0 Å². The number of para-hydroxylation sites is 2. The van der Waals surface area contributed by atoms with Crippen molar-refractivity contribution in [3.8, 4) is 22.7 Å². The van der Waals surface area contributed by atoms with Crippen LogP contribution >= 0.6 is 0 Å². The number of nitrogens with zero attached hydrogens (tertiary/aromatic N) is 2. The maximum Gasteiger partial charge on any atom is 0.259 e. The van der Waals surface area contributed by atoms with E-state index < -0.39 is 15.9 Å². The molecule has 0 spiro atoms.